The average Bonchev–Trinajstić information content (AvgIpc) is 2.37. The number of aliphatic hydroxyl groups is 1. The van der Waals surface area contributed by atoms with Gasteiger partial charge in [-0.15, -0.1) is 0 Å². The molecule has 18 heavy (non-hydrogen) atoms. The van der Waals surface area contributed by atoms with Gasteiger partial charge in [-0.25, -0.2) is 4.39 Å². The third kappa shape index (κ3) is 3.09. The molecule has 0 bridgehead atoms. The molecule has 0 unspecified atom stereocenters. The van der Waals surface area contributed by atoms with Gasteiger partial charge in [-0.05, 0) is 23.8 Å². The molecule has 2 aromatic carbocycles. The number of hydrogen-bond donors (Lipinski definition) is 1. The van der Waals surface area contributed by atoms with Gasteiger partial charge in [0, 0.05) is 10.0 Å². The molecule has 0 saturated heterocycles. The first-order valence-corrected chi connectivity index (χ1v) is 6.25. The first kappa shape index (κ1) is 13.1. The van der Waals surface area contributed by atoms with Crippen molar-refractivity contribution in [2.45, 2.75) is 13.2 Å². The molecule has 0 aromatic heterocycles. The van der Waals surface area contributed by atoms with E-state index in [0.29, 0.717) is 5.56 Å². The molecule has 0 saturated carbocycles. The Kier molecular flexibility index (Phi) is 4.33. The predicted molar refractivity (Wildman–Crippen MR) is 70.8 cm³/mol. The first-order chi connectivity index (χ1) is 8.70. The van der Waals surface area contributed by atoms with Gasteiger partial charge in [0.25, 0.3) is 0 Å². The molecular weight excluding hydrogens is 299 g/mol. The second-order valence-corrected chi connectivity index (χ2v) is 4.72. The van der Waals surface area contributed by atoms with Gasteiger partial charge in [0.15, 0.2) is 11.6 Å². The minimum atomic E-state index is -0.462. The minimum Gasteiger partial charge on any atom is -0.485 e. The molecule has 94 valence electrons. The van der Waals surface area contributed by atoms with Crippen LogP contribution >= 0.6 is 15.9 Å². The Balaban J connectivity index is 2.15. The molecule has 0 aliphatic rings. The quantitative estimate of drug-likeness (QED) is 0.934. The van der Waals surface area contributed by atoms with Gasteiger partial charge in [-0.1, -0.05) is 40.2 Å². The molecule has 2 nitrogen and oxygen atoms in total. The van der Waals surface area contributed by atoms with Crippen molar-refractivity contribution in [1.29, 1.82) is 0 Å². The number of aliphatic hydroxyl groups excluding tert-OH is 1. The van der Waals surface area contributed by atoms with Crippen LogP contribution in [0.4, 0.5) is 4.39 Å². The third-order valence-electron chi connectivity index (χ3n) is 2.49. The summed E-state index contributed by atoms with van der Waals surface area (Å²) < 4.78 is 20.0. The van der Waals surface area contributed by atoms with Gasteiger partial charge in [-0.2, -0.15) is 0 Å². The largest absolute Gasteiger partial charge is 0.485 e. The maximum Gasteiger partial charge on any atom is 0.165 e. The Bertz CT molecular complexity index is 543. The van der Waals surface area contributed by atoms with Crippen LogP contribution in [0.15, 0.2) is 46.9 Å². The summed E-state index contributed by atoms with van der Waals surface area (Å²) in [7, 11) is 0. The van der Waals surface area contributed by atoms with Crippen molar-refractivity contribution in [1.82, 2.24) is 0 Å². The summed E-state index contributed by atoms with van der Waals surface area (Å²) in [5.74, 6) is -0.350. The second kappa shape index (κ2) is 5.98. The maximum absolute atomic E-state index is 13.6. The van der Waals surface area contributed by atoms with E-state index in [1.54, 1.807) is 12.1 Å². The first-order valence-electron chi connectivity index (χ1n) is 5.46. The average molecular weight is 311 g/mol. The molecule has 4 heteroatoms. The molecule has 2 aromatic rings. The number of rotatable bonds is 4. The Morgan fingerprint density at radius 1 is 1.17 bits per heavy atom. The zero-order valence-electron chi connectivity index (χ0n) is 9.57. The summed E-state index contributed by atoms with van der Waals surface area (Å²) in [6.07, 6.45) is 0. The summed E-state index contributed by atoms with van der Waals surface area (Å²) in [5, 5.41) is 9.13. The number of hydrogen-bond acceptors (Lipinski definition) is 2. The van der Waals surface area contributed by atoms with E-state index >= 15 is 0 Å². The van der Waals surface area contributed by atoms with Crippen LogP contribution in [0.5, 0.6) is 5.75 Å². The van der Waals surface area contributed by atoms with Gasteiger partial charge in [0.1, 0.15) is 6.61 Å². The van der Waals surface area contributed by atoms with Gasteiger partial charge in [0.2, 0.25) is 0 Å². The SMILES string of the molecule is OCc1cccc(F)c1OCc1cccc(Br)c1. The summed E-state index contributed by atoms with van der Waals surface area (Å²) in [6.45, 7) is 0.0128. The van der Waals surface area contributed by atoms with Gasteiger partial charge >= 0.3 is 0 Å². The molecule has 0 aliphatic heterocycles. The molecule has 0 atom stereocenters. The molecule has 0 fully saturated rings. The minimum absolute atomic E-state index is 0.111. The van der Waals surface area contributed by atoms with E-state index in [1.807, 2.05) is 24.3 Å². The molecule has 0 aliphatic carbocycles. The lowest BCUT2D eigenvalue weighted by Crippen LogP contribution is -2.01. The zero-order chi connectivity index (χ0) is 13.0. The van der Waals surface area contributed by atoms with Crippen molar-refractivity contribution in [2.24, 2.45) is 0 Å². The van der Waals surface area contributed by atoms with Gasteiger partial charge in [-0.3, -0.25) is 0 Å². The van der Waals surface area contributed by atoms with Crippen LogP contribution < -0.4 is 4.74 Å². The lowest BCUT2D eigenvalue weighted by molar-refractivity contribution is 0.251. The van der Waals surface area contributed by atoms with Crippen molar-refractivity contribution in [2.75, 3.05) is 0 Å². The van der Waals surface area contributed by atoms with Crippen LogP contribution in [0, 0.1) is 5.82 Å². The topological polar surface area (TPSA) is 29.5 Å². The van der Waals surface area contributed by atoms with Crippen molar-refractivity contribution in [3.63, 3.8) is 0 Å². The Hall–Kier alpha value is -1.39. The van der Waals surface area contributed by atoms with Crippen LogP contribution in [-0.4, -0.2) is 5.11 Å². The third-order valence-corrected chi connectivity index (χ3v) is 2.98. The van der Waals surface area contributed by atoms with Crippen molar-refractivity contribution >= 4 is 15.9 Å². The normalized spacial score (nSPS) is 10.4. The zero-order valence-corrected chi connectivity index (χ0v) is 11.2. The summed E-state index contributed by atoms with van der Waals surface area (Å²) in [6, 6.07) is 12.1. The van der Waals surface area contributed by atoms with Gasteiger partial charge in [0.05, 0.1) is 6.61 Å². The van der Waals surface area contributed by atoms with Crippen molar-refractivity contribution in [3.8, 4) is 5.75 Å². The van der Waals surface area contributed by atoms with E-state index in [0.717, 1.165) is 10.0 Å². The Morgan fingerprint density at radius 3 is 2.67 bits per heavy atom. The van der Waals surface area contributed by atoms with Crippen molar-refractivity contribution in [3.05, 3.63) is 63.9 Å². The van der Waals surface area contributed by atoms with Gasteiger partial charge < -0.3 is 9.84 Å². The van der Waals surface area contributed by atoms with E-state index < -0.39 is 5.82 Å². The van der Waals surface area contributed by atoms with Crippen molar-refractivity contribution < 1.29 is 14.2 Å². The lowest BCUT2D eigenvalue weighted by Gasteiger charge is -2.11. The van der Waals surface area contributed by atoms with E-state index in [4.69, 9.17) is 9.84 Å². The van der Waals surface area contributed by atoms with Crippen LogP contribution in [0.1, 0.15) is 11.1 Å². The van der Waals surface area contributed by atoms with E-state index in [1.165, 1.54) is 6.07 Å². The molecule has 1 N–H and O–H groups in total. The number of benzene rings is 2. The highest BCUT2D eigenvalue weighted by Crippen LogP contribution is 2.24. The van der Waals surface area contributed by atoms with Crippen LogP contribution in [0.2, 0.25) is 0 Å². The van der Waals surface area contributed by atoms with E-state index in [9.17, 15) is 4.39 Å². The Labute approximate surface area is 113 Å². The van der Waals surface area contributed by atoms with E-state index in [-0.39, 0.29) is 19.0 Å². The Morgan fingerprint density at radius 2 is 1.94 bits per heavy atom. The standard InChI is InChI=1S/C14H12BrFO2/c15-12-5-1-3-10(7-12)9-18-14-11(8-17)4-2-6-13(14)16/h1-7,17H,8-9H2. The number of ether oxygens (including phenoxy) is 1. The molecule has 0 amide bonds. The van der Waals surface area contributed by atoms with E-state index in [2.05, 4.69) is 15.9 Å². The smallest absolute Gasteiger partial charge is 0.165 e. The fourth-order valence-electron chi connectivity index (χ4n) is 1.62. The lowest BCUT2D eigenvalue weighted by atomic mass is 10.2. The molecule has 0 radical (unpaired) electrons. The molecule has 0 spiro atoms. The number of para-hydroxylation sites is 1. The molecule has 0 heterocycles. The maximum atomic E-state index is 13.6. The monoisotopic (exact) mass is 310 g/mol. The van der Waals surface area contributed by atoms with Crippen LogP contribution in [-0.2, 0) is 13.2 Å². The second-order valence-electron chi connectivity index (χ2n) is 3.80. The molecular formula is C14H12BrFO2. The predicted octanol–water partition coefficient (Wildman–Crippen LogP) is 3.66. The highest BCUT2D eigenvalue weighted by molar-refractivity contribution is 9.10. The highest BCUT2D eigenvalue weighted by Gasteiger charge is 2.09. The molecule has 2 rings (SSSR count). The fraction of sp³-hybridized carbons (Fsp3) is 0.143. The fourth-order valence-corrected chi connectivity index (χ4v) is 2.07. The summed E-state index contributed by atoms with van der Waals surface area (Å²) >= 11 is 3.36. The summed E-state index contributed by atoms with van der Waals surface area (Å²) in [5.41, 5.74) is 1.38. The van der Waals surface area contributed by atoms with Crippen LogP contribution in [0.3, 0.4) is 0 Å². The van der Waals surface area contributed by atoms with Crippen LogP contribution in [0.25, 0.3) is 0 Å². The summed E-state index contributed by atoms with van der Waals surface area (Å²) in [4.78, 5) is 0. The highest BCUT2D eigenvalue weighted by atomic mass is 79.9. The number of halogens is 2.